The third-order valence-electron chi connectivity index (χ3n) is 1.88. The largest absolute Gasteiger partial charge is 0.522 e. The van der Waals surface area contributed by atoms with Crippen molar-refractivity contribution in [2.75, 3.05) is 6.54 Å². The number of hydrogen-bond acceptors (Lipinski definition) is 3. The van der Waals surface area contributed by atoms with Crippen molar-refractivity contribution < 1.29 is 17.9 Å². The first-order chi connectivity index (χ1) is 5.38. The van der Waals surface area contributed by atoms with Crippen molar-refractivity contribution in [3.8, 4) is 0 Å². The molecule has 72 valence electrons. The molecule has 1 aliphatic rings. The van der Waals surface area contributed by atoms with Gasteiger partial charge in [-0.2, -0.15) is 0 Å². The van der Waals surface area contributed by atoms with Gasteiger partial charge < -0.3 is 0 Å². The van der Waals surface area contributed by atoms with Crippen molar-refractivity contribution >= 4 is 0 Å². The van der Waals surface area contributed by atoms with Crippen LogP contribution in [0.15, 0.2) is 0 Å². The summed E-state index contributed by atoms with van der Waals surface area (Å²) in [6, 6.07) is -0.0441. The summed E-state index contributed by atoms with van der Waals surface area (Å²) < 4.78 is 38.9. The van der Waals surface area contributed by atoms with Crippen LogP contribution in [0.25, 0.3) is 0 Å². The molecule has 0 amide bonds. The molecule has 1 heterocycles. The number of nitrogens with two attached hydrogens (primary N) is 1. The zero-order valence-corrected chi connectivity index (χ0v) is 6.64. The van der Waals surface area contributed by atoms with Crippen LogP contribution in [0.3, 0.4) is 0 Å². The first-order valence-corrected chi connectivity index (χ1v) is 3.64. The van der Waals surface area contributed by atoms with Gasteiger partial charge in [-0.05, 0) is 13.3 Å². The van der Waals surface area contributed by atoms with Crippen molar-refractivity contribution in [2.45, 2.75) is 31.9 Å². The third-order valence-corrected chi connectivity index (χ3v) is 1.88. The highest BCUT2D eigenvalue weighted by atomic mass is 19.4. The molecule has 2 N–H and O–H groups in total. The summed E-state index contributed by atoms with van der Waals surface area (Å²) in [7, 11) is 0. The second-order valence-electron chi connectivity index (χ2n) is 2.97. The normalized spacial score (nSPS) is 32.8. The minimum absolute atomic E-state index is 0.0441. The van der Waals surface area contributed by atoms with Gasteiger partial charge in [-0.15, -0.1) is 13.2 Å². The van der Waals surface area contributed by atoms with E-state index in [0.717, 1.165) is 0 Å². The number of alkyl halides is 3. The fourth-order valence-electron chi connectivity index (χ4n) is 1.28. The molecule has 1 saturated heterocycles. The zero-order chi connectivity index (χ0) is 9.35. The Balaban J connectivity index is 2.38. The van der Waals surface area contributed by atoms with E-state index in [9.17, 15) is 13.2 Å². The molecule has 0 aliphatic carbocycles. The molecule has 2 unspecified atom stereocenters. The Morgan fingerprint density at radius 1 is 1.50 bits per heavy atom. The number of hydrogen-bond donors (Lipinski definition) is 1. The van der Waals surface area contributed by atoms with E-state index in [-0.39, 0.29) is 12.6 Å². The maximum Gasteiger partial charge on any atom is 0.522 e. The summed E-state index contributed by atoms with van der Waals surface area (Å²) in [6.07, 6.45) is -5.03. The van der Waals surface area contributed by atoms with Gasteiger partial charge in [0, 0.05) is 12.6 Å². The van der Waals surface area contributed by atoms with E-state index in [2.05, 4.69) is 4.74 Å². The van der Waals surface area contributed by atoms with E-state index in [4.69, 9.17) is 5.84 Å². The maximum absolute atomic E-state index is 11.7. The molecule has 12 heavy (non-hydrogen) atoms. The lowest BCUT2D eigenvalue weighted by Crippen LogP contribution is -2.35. The van der Waals surface area contributed by atoms with Gasteiger partial charge in [-0.3, -0.25) is 10.6 Å². The van der Waals surface area contributed by atoms with E-state index in [1.807, 2.05) is 0 Å². The molecule has 2 atom stereocenters. The molecule has 1 aliphatic heterocycles. The van der Waals surface area contributed by atoms with Crippen molar-refractivity contribution in [1.82, 2.24) is 5.01 Å². The molecule has 1 fully saturated rings. The Bertz CT molecular complexity index is 151. The van der Waals surface area contributed by atoms with Crippen molar-refractivity contribution in [3.63, 3.8) is 0 Å². The molecule has 6 heteroatoms. The third kappa shape index (κ3) is 2.62. The van der Waals surface area contributed by atoms with Gasteiger partial charge in [-0.25, -0.2) is 5.01 Å². The standard InChI is InChI=1S/C6H11F3N2O/c1-4-2-5(3-11(4)10)12-6(7,8)9/h4-5H,2-3,10H2,1H3. The van der Waals surface area contributed by atoms with Gasteiger partial charge in [0.05, 0.1) is 6.10 Å². The second-order valence-corrected chi connectivity index (χ2v) is 2.97. The smallest absolute Gasteiger partial charge is 0.287 e. The number of rotatable bonds is 1. The molecular formula is C6H11F3N2O. The van der Waals surface area contributed by atoms with E-state index < -0.39 is 12.5 Å². The van der Waals surface area contributed by atoms with Crippen LogP contribution in [0.4, 0.5) is 13.2 Å². The van der Waals surface area contributed by atoms with Gasteiger partial charge in [-0.1, -0.05) is 0 Å². The van der Waals surface area contributed by atoms with Crippen LogP contribution < -0.4 is 5.84 Å². The van der Waals surface area contributed by atoms with Gasteiger partial charge in [0.15, 0.2) is 0 Å². The lowest BCUT2D eigenvalue weighted by Gasteiger charge is -2.13. The first-order valence-electron chi connectivity index (χ1n) is 3.64. The van der Waals surface area contributed by atoms with Gasteiger partial charge >= 0.3 is 6.36 Å². The van der Waals surface area contributed by atoms with Crippen LogP contribution >= 0.6 is 0 Å². The molecule has 1 rings (SSSR count). The Morgan fingerprint density at radius 3 is 2.42 bits per heavy atom. The first kappa shape index (κ1) is 9.76. The lowest BCUT2D eigenvalue weighted by atomic mass is 10.2. The highest BCUT2D eigenvalue weighted by Crippen LogP contribution is 2.25. The minimum atomic E-state index is -4.55. The second kappa shape index (κ2) is 3.20. The summed E-state index contributed by atoms with van der Waals surface area (Å²) in [4.78, 5) is 0. The number of halogens is 3. The summed E-state index contributed by atoms with van der Waals surface area (Å²) in [6.45, 7) is 1.90. The highest BCUT2D eigenvalue weighted by molar-refractivity contribution is 4.79. The Hall–Kier alpha value is -0.330. The molecular weight excluding hydrogens is 173 g/mol. The Morgan fingerprint density at radius 2 is 2.08 bits per heavy atom. The van der Waals surface area contributed by atoms with E-state index in [1.165, 1.54) is 5.01 Å². The molecule has 3 nitrogen and oxygen atoms in total. The number of ether oxygens (including phenoxy) is 1. The predicted octanol–water partition coefficient (Wildman–Crippen LogP) is 0.859. The topological polar surface area (TPSA) is 38.5 Å². The summed E-state index contributed by atoms with van der Waals surface area (Å²) >= 11 is 0. The van der Waals surface area contributed by atoms with E-state index in [1.54, 1.807) is 6.92 Å². The predicted molar refractivity (Wildman–Crippen MR) is 35.9 cm³/mol. The molecule has 0 saturated carbocycles. The van der Waals surface area contributed by atoms with Gasteiger partial charge in [0.2, 0.25) is 0 Å². The summed E-state index contributed by atoms with van der Waals surface area (Å²) in [5.41, 5.74) is 0. The van der Waals surface area contributed by atoms with Crippen LogP contribution in [0, 0.1) is 0 Å². The molecule has 0 aromatic heterocycles. The molecule has 0 bridgehead atoms. The molecule has 0 radical (unpaired) electrons. The molecule has 0 aromatic carbocycles. The van der Waals surface area contributed by atoms with E-state index in [0.29, 0.717) is 6.42 Å². The van der Waals surface area contributed by atoms with Crippen molar-refractivity contribution in [2.24, 2.45) is 5.84 Å². The maximum atomic E-state index is 11.7. The number of nitrogens with zero attached hydrogens (tertiary/aromatic N) is 1. The van der Waals surface area contributed by atoms with Gasteiger partial charge in [0.25, 0.3) is 0 Å². The fourth-order valence-corrected chi connectivity index (χ4v) is 1.28. The summed E-state index contributed by atoms with van der Waals surface area (Å²) in [5, 5.41) is 1.36. The molecule has 0 spiro atoms. The van der Waals surface area contributed by atoms with Crippen LogP contribution in [0.2, 0.25) is 0 Å². The Labute approximate surface area is 68.2 Å². The Kier molecular flexibility index (Phi) is 2.60. The average molecular weight is 184 g/mol. The van der Waals surface area contributed by atoms with Crippen molar-refractivity contribution in [1.29, 1.82) is 0 Å². The van der Waals surface area contributed by atoms with Crippen LogP contribution in [-0.2, 0) is 4.74 Å². The van der Waals surface area contributed by atoms with Crippen LogP contribution in [-0.4, -0.2) is 30.1 Å². The average Bonchev–Trinajstić information content (AvgIpc) is 2.07. The molecule has 0 aromatic rings. The lowest BCUT2D eigenvalue weighted by molar-refractivity contribution is -0.340. The van der Waals surface area contributed by atoms with Gasteiger partial charge in [0.1, 0.15) is 0 Å². The fraction of sp³-hybridized carbons (Fsp3) is 1.00. The zero-order valence-electron chi connectivity index (χ0n) is 6.64. The van der Waals surface area contributed by atoms with E-state index >= 15 is 0 Å². The van der Waals surface area contributed by atoms with Crippen molar-refractivity contribution in [3.05, 3.63) is 0 Å². The van der Waals surface area contributed by atoms with Crippen LogP contribution in [0.1, 0.15) is 13.3 Å². The van der Waals surface area contributed by atoms with Crippen LogP contribution in [0.5, 0.6) is 0 Å². The minimum Gasteiger partial charge on any atom is -0.287 e. The SMILES string of the molecule is CC1CC(OC(F)(F)F)CN1N. The number of hydrazine groups is 1. The quantitative estimate of drug-likeness (QED) is 0.614. The summed E-state index contributed by atoms with van der Waals surface area (Å²) in [5.74, 6) is 5.37. The highest BCUT2D eigenvalue weighted by Gasteiger charge is 2.38. The monoisotopic (exact) mass is 184 g/mol.